The van der Waals surface area contributed by atoms with Crippen LogP contribution in [0.5, 0.6) is 0 Å². The molecule has 0 fully saturated rings. The normalized spacial score (nSPS) is 12.4. The van der Waals surface area contributed by atoms with E-state index in [-0.39, 0.29) is 15.8 Å². The third-order valence-electron chi connectivity index (χ3n) is 2.41. The van der Waals surface area contributed by atoms with Crippen LogP contribution in [0, 0.1) is 5.21 Å². The van der Waals surface area contributed by atoms with Gasteiger partial charge in [-0.1, -0.05) is 40.9 Å². The Morgan fingerprint density at radius 1 is 1.05 bits per heavy atom. The molecule has 0 bridgehead atoms. The van der Waals surface area contributed by atoms with E-state index in [2.05, 4.69) is 0 Å². The molecule has 0 N–H and O–H groups in total. The topological polar surface area (TPSA) is 50.0 Å². The average Bonchev–Trinajstić information content (AvgIpc) is 2.33. The van der Waals surface area contributed by atoms with Crippen molar-refractivity contribution in [2.45, 2.75) is 10.8 Å². The van der Waals surface area contributed by atoms with Crippen LogP contribution in [0.25, 0.3) is 0 Å². The molecule has 2 aromatic rings. The van der Waals surface area contributed by atoms with Crippen molar-refractivity contribution in [3.05, 3.63) is 62.4 Å². The highest BCUT2D eigenvalue weighted by Gasteiger charge is 2.24. The van der Waals surface area contributed by atoms with E-state index >= 15 is 0 Å². The second-order valence-corrected chi connectivity index (χ2v) is 6.35. The van der Waals surface area contributed by atoms with Gasteiger partial charge in [-0.15, -0.1) is 4.73 Å². The molecule has 1 heterocycles. The fourth-order valence-corrected chi connectivity index (χ4v) is 3.53. The van der Waals surface area contributed by atoms with Crippen molar-refractivity contribution in [3.8, 4) is 0 Å². The van der Waals surface area contributed by atoms with E-state index in [0.717, 1.165) is 6.20 Å². The molecular formula is C12H8Cl3NO2S. The van der Waals surface area contributed by atoms with Crippen molar-refractivity contribution in [3.63, 3.8) is 0 Å². The molecule has 1 atom stereocenters. The number of rotatable bonds is 3. The summed E-state index contributed by atoms with van der Waals surface area (Å²) in [6.07, 6.45) is 1.16. The Labute approximate surface area is 128 Å². The number of halogens is 3. The lowest BCUT2D eigenvalue weighted by Crippen LogP contribution is -2.34. The molecule has 0 radical (unpaired) electrons. The van der Waals surface area contributed by atoms with Crippen LogP contribution in [0.2, 0.25) is 15.1 Å². The van der Waals surface area contributed by atoms with E-state index < -0.39 is 11.2 Å². The van der Waals surface area contributed by atoms with E-state index in [1.54, 1.807) is 18.2 Å². The third kappa shape index (κ3) is 3.46. The second-order valence-electron chi connectivity index (χ2n) is 3.70. The Kier molecular flexibility index (Phi) is 4.81. The summed E-state index contributed by atoms with van der Waals surface area (Å²) in [5, 5.41) is 12.9. The Hall–Kier alpha value is -0.650. The minimum atomic E-state index is -1.55. The summed E-state index contributed by atoms with van der Waals surface area (Å²) in [6, 6.07) is 7.96. The zero-order valence-electron chi connectivity index (χ0n) is 9.48. The van der Waals surface area contributed by atoms with Crippen LogP contribution in [0.15, 0.2) is 41.6 Å². The van der Waals surface area contributed by atoms with Crippen LogP contribution in [-0.4, -0.2) is 4.55 Å². The minimum absolute atomic E-state index is 0.0718. The first-order chi connectivity index (χ1) is 8.99. The Balaban J connectivity index is 2.28. The highest BCUT2D eigenvalue weighted by atomic mass is 35.5. The standard InChI is InChI=1S/C12H8Cl3NO2S/c13-8-4-5-12(16(17)6-8)19(18)7-9-10(14)2-1-3-11(9)15/h1-6H,7H2. The van der Waals surface area contributed by atoms with Gasteiger partial charge in [0.15, 0.2) is 0 Å². The van der Waals surface area contributed by atoms with Crippen LogP contribution < -0.4 is 4.73 Å². The lowest BCUT2D eigenvalue weighted by atomic mass is 10.2. The number of nitrogens with zero attached hydrogens (tertiary/aromatic N) is 1. The average molecular weight is 337 g/mol. The number of pyridine rings is 1. The quantitative estimate of drug-likeness (QED) is 0.488. The van der Waals surface area contributed by atoms with Crippen molar-refractivity contribution in [1.82, 2.24) is 0 Å². The van der Waals surface area contributed by atoms with Crippen molar-refractivity contribution in [1.29, 1.82) is 0 Å². The van der Waals surface area contributed by atoms with Gasteiger partial charge in [-0.3, -0.25) is 0 Å². The molecule has 0 saturated carbocycles. The number of benzene rings is 1. The molecule has 7 heteroatoms. The summed E-state index contributed by atoms with van der Waals surface area (Å²) < 4.78 is 12.7. The SMILES string of the molecule is [O-][n+]1cc(Cl)ccc1[S+]([O-])Cc1c(Cl)cccc1Cl. The number of hydrogen-bond donors (Lipinski definition) is 0. The minimum Gasteiger partial charge on any atom is -0.615 e. The summed E-state index contributed by atoms with van der Waals surface area (Å²) in [5.74, 6) is 0.0718. The highest BCUT2D eigenvalue weighted by Crippen LogP contribution is 2.27. The van der Waals surface area contributed by atoms with Crippen LogP contribution in [-0.2, 0) is 16.9 Å². The third-order valence-corrected chi connectivity index (χ3v) is 4.68. The molecule has 0 spiro atoms. The van der Waals surface area contributed by atoms with Crippen molar-refractivity contribution in [2.24, 2.45) is 0 Å². The number of aromatic nitrogens is 1. The smallest absolute Gasteiger partial charge is 0.393 e. The van der Waals surface area contributed by atoms with Crippen LogP contribution >= 0.6 is 34.8 Å². The van der Waals surface area contributed by atoms with E-state index in [1.165, 1.54) is 12.1 Å². The summed E-state index contributed by atoms with van der Waals surface area (Å²) >= 11 is 16.1. The summed E-state index contributed by atoms with van der Waals surface area (Å²) in [5.41, 5.74) is 0.555. The predicted molar refractivity (Wildman–Crippen MR) is 77.0 cm³/mol. The van der Waals surface area contributed by atoms with Gasteiger partial charge in [-0.25, -0.2) is 0 Å². The van der Waals surface area contributed by atoms with Crippen LogP contribution in [0.1, 0.15) is 5.56 Å². The number of hydrogen-bond acceptors (Lipinski definition) is 2. The van der Waals surface area contributed by atoms with E-state index in [4.69, 9.17) is 34.8 Å². The van der Waals surface area contributed by atoms with Gasteiger partial charge >= 0.3 is 5.03 Å². The van der Waals surface area contributed by atoms with Gasteiger partial charge in [0.05, 0.1) is 17.2 Å². The maximum atomic E-state index is 12.2. The van der Waals surface area contributed by atoms with Gasteiger partial charge in [0, 0.05) is 15.6 Å². The summed E-state index contributed by atoms with van der Waals surface area (Å²) in [6.45, 7) is 0. The van der Waals surface area contributed by atoms with Crippen molar-refractivity contribution >= 4 is 46.0 Å². The second kappa shape index (κ2) is 6.20. The fourth-order valence-electron chi connectivity index (χ4n) is 1.49. The Bertz CT molecular complexity index is 589. The van der Waals surface area contributed by atoms with Gasteiger partial charge in [0.25, 0.3) is 0 Å². The summed E-state index contributed by atoms with van der Waals surface area (Å²) in [4.78, 5) is 0. The molecule has 0 aliphatic heterocycles. The van der Waals surface area contributed by atoms with Gasteiger partial charge < -0.3 is 9.76 Å². The van der Waals surface area contributed by atoms with Crippen LogP contribution in [0.4, 0.5) is 0 Å². The first-order valence-corrected chi connectivity index (χ1v) is 7.64. The first kappa shape index (κ1) is 14.8. The molecule has 1 aromatic heterocycles. The van der Waals surface area contributed by atoms with Gasteiger partial charge in [0.2, 0.25) is 6.20 Å². The molecule has 0 aliphatic rings. The fraction of sp³-hybridized carbons (Fsp3) is 0.0833. The zero-order valence-corrected chi connectivity index (χ0v) is 12.6. The Morgan fingerprint density at radius 2 is 1.68 bits per heavy atom. The summed E-state index contributed by atoms with van der Waals surface area (Å²) in [7, 11) is 0. The molecule has 2 rings (SSSR count). The molecule has 100 valence electrons. The molecule has 1 unspecified atom stereocenters. The molecule has 0 aliphatic carbocycles. The first-order valence-electron chi connectivity index (χ1n) is 5.19. The largest absolute Gasteiger partial charge is 0.615 e. The van der Waals surface area contributed by atoms with Crippen LogP contribution in [0.3, 0.4) is 0 Å². The molecule has 1 aromatic carbocycles. The molecule has 0 saturated heterocycles. The highest BCUT2D eigenvalue weighted by molar-refractivity contribution is 7.90. The lowest BCUT2D eigenvalue weighted by molar-refractivity contribution is -0.646. The van der Waals surface area contributed by atoms with Crippen molar-refractivity contribution < 1.29 is 9.28 Å². The van der Waals surface area contributed by atoms with E-state index in [0.29, 0.717) is 20.3 Å². The van der Waals surface area contributed by atoms with Crippen molar-refractivity contribution in [2.75, 3.05) is 0 Å². The predicted octanol–water partition coefficient (Wildman–Crippen LogP) is 3.59. The maximum Gasteiger partial charge on any atom is 0.393 e. The van der Waals surface area contributed by atoms with Gasteiger partial charge in [-0.05, 0) is 18.2 Å². The molecule has 0 amide bonds. The lowest BCUT2D eigenvalue weighted by Gasteiger charge is -2.11. The Morgan fingerprint density at radius 3 is 2.26 bits per heavy atom. The van der Waals surface area contributed by atoms with Gasteiger partial charge in [-0.2, -0.15) is 0 Å². The molecule has 19 heavy (non-hydrogen) atoms. The maximum absolute atomic E-state index is 12.2. The van der Waals surface area contributed by atoms with Gasteiger partial charge in [0.1, 0.15) is 10.8 Å². The molecular weight excluding hydrogens is 329 g/mol. The van der Waals surface area contributed by atoms with E-state index in [9.17, 15) is 9.76 Å². The monoisotopic (exact) mass is 335 g/mol. The molecule has 3 nitrogen and oxygen atoms in total. The van der Waals surface area contributed by atoms with E-state index in [1.807, 2.05) is 0 Å². The zero-order chi connectivity index (χ0) is 14.0.